The van der Waals surface area contributed by atoms with E-state index in [1.165, 1.54) is 31.5 Å². The first-order chi connectivity index (χ1) is 19.7. The van der Waals surface area contributed by atoms with Gasteiger partial charge in [-0.05, 0) is 37.6 Å². The van der Waals surface area contributed by atoms with Crippen molar-refractivity contribution in [1.29, 1.82) is 0 Å². The van der Waals surface area contributed by atoms with Gasteiger partial charge in [-0.2, -0.15) is 39.5 Å². The van der Waals surface area contributed by atoms with Gasteiger partial charge in [0.25, 0.3) is 0 Å². The van der Waals surface area contributed by atoms with E-state index < -0.39 is 36.4 Å². The van der Waals surface area contributed by atoms with Gasteiger partial charge in [0.05, 0.1) is 13.1 Å². The van der Waals surface area contributed by atoms with Gasteiger partial charge in [-0.15, -0.1) is 10.2 Å². The molecule has 43 heavy (non-hydrogen) atoms. The van der Waals surface area contributed by atoms with Crippen molar-refractivity contribution in [2.75, 3.05) is 19.6 Å². The number of aliphatic carboxylic acids is 3. The largest absolute Gasteiger partial charge is 0.490 e. The molecule has 0 aliphatic carbocycles. The van der Waals surface area contributed by atoms with E-state index in [4.69, 9.17) is 29.7 Å². The minimum Gasteiger partial charge on any atom is -0.475 e. The highest BCUT2D eigenvalue weighted by Crippen LogP contribution is 2.18. The monoisotopic (exact) mass is 640 g/mol. The first-order valence-electron chi connectivity index (χ1n) is 11.9. The van der Waals surface area contributed by atoms with Gasteiger partial charge < -0.3 is 19.9 Å². The number of nitrogens with zero attached hydrogens (tertiary/aromatic N) is 6. The van der Waals surface area contributed by atoms with Crippen LogP contribution in [0.3, 0.4) is 0 Å². The maximum absolute atomic E-state index is 10.6. The van der Waals surface area contributed by atoms with Gasteiger partial charge in [0.2, 0.25) is 0 Å². The number of carboxylic acids is 3. The van der Waals surface area contributed by atoms with E-state index >= 15 is 0 Å². The van der Waals surface area contributed by atoms with Gasteiger partial charge >= 0.3 is 36.4 Å². The van der Waals surface area contributed by atoms with E-state index in [2.05, 4.69) is 35.6 Å². The second kappa shape index (κ2) is 16.0. The van der Waals surface area contributed by atoms with Crippen LogP contribution in [0.5, 0.6) is 0 Å². The Morgan fingerprint density at radius 2 is 1.21 bits per heavy atom. The van der Waals surface area contributed by atoms with E-state index in [9.17, 15) is 39.5 Å². The Bertz CT molecular complexity index is 1130. The number of aromatic nitrogens is 4. The molecule has 4 heterocycles. The van der Waals surface area contributed by atoms with Gasteiger partial charge in [-0.3, -0.25) is 14.8 Å². The first-order valence-corrected chi connectivity index (χ1v) is 11.9. The highest BCUT2D eigenvalue weighted by atomic mass is 19.4. The van der Waals surface area contributed by atoms with Crippen molar-refractivity contribution >= 4 is 17.9 Å². The normalized spacial score (nSPS) is 15.5. The van der Waals surface area contributed by atoms with Crippen LogP contribution in [-0.4, -0.2) is 101 Å². The molecule has 0 amide bonds. The van der Waals surface area contributed by atoms with Gasteiger partial charge in [0.1, 0.15) is 11.6 Å². The number of hydrogen-bond donors (Lipinski definition) is 3. The van der Waals surface area contributed by atoms with E-state index in [1.807, 2.05) is 18.5 Å². The molecular formula is C22H25F9N6O6. The molecule has 0 atom stereocenters. The van der Waals surface area contributed by atoms with Crippen molar-refractivity contribution in [3.63, 3.8) is 0 Å². The van der Waals surface area contributed by atoms with Crippen LogP contribution in [0.25, 0.3) is 0 Å². The smallest absolute Gasteiger partial charge is 0.475 e. The van der Waals surface area contributed by atoms with Gasteiger partial charge in [-0.1, -0.05) is 6.07 Å². The number of halogens is 9. The summed E-state index contributed by atoms with van der Waals surface area (Å²) < 4.78 is 97.5. The molecule has 0 spiro atoms. The molecule has 0 bridgehead atoms. The molecule has 0 saturated carbocycles. The predicted octanol–water partition coefficient (Wildman–Crippen LogP) is 3.18. The molecule has 0 radical (unpaired) electrons. The molecule has 21 heteroatoms. The maximum atomic E-state index is 10.6. The lowest BCUT2D eigenvalue weighted by molar-refractivity contribution is -0.193. The summed E-state index contributed by atoms with van der Waals surface area (Å²) >= 11 is 0. The number of alkyl halides is 9. The number of fused-ring (bicyclic) bond motifs is 1. The lowest BCUT2D eigenvalue weighted by atomic mass is 10.2. The molecule has 2 aromatic rings. The molecule has 0 aromatic carbocycles. The molecule has 242 valence electrons. The lowest BCUT2D eigenvalue weighted by Gasteiger charge is -2.28. The Hall–Kier alpha value is -4.01. The molecular weight excluding hydrogens is 615 g/mol. The highest BCUT2D eigenvalue weighted by molar-refractivity contribution is 5.73. The molecule has 1 fully saturated rings. The Kier molecular flexibility index (Phi) is 13.8. The fraction of sp³-hybridized carbons (Fsp3) is 0.545. The Balaban J connectivity index is 0.000000363. The minimum atomic E-state index is -5.08. The van der Waals surface area contributed by atoms with Gasteiger partial charge in [0.15, 0.2) is 0 Å². The van der Waals surface area contributed by atoms with Crippen LogP contribution in [0.1, 0.15) is 30.1 Å². The van der Waals surface area contributed by atoms with Gasteiger partial charge in [0, 0.05) is 32.0 Å². The molecule has 2 aromatic heterocycles. The number of hydrogen-bond acceptors (Lipinski definition) is 8. The zero-order valence-corrected chi connectivity index (χ0v) is 21.8. The second-order valence-electron chi connectivity index (χ2n) is 8.65. The number of likely N-dealkylation sites (tertiary alicyclic amines) is 1. The van der Waals surface area contributed by atoms with Crippen LogP contribution in [0.4, 0.5) is 39.5 Å². The third-order valence-electron chi connectivity index (χ3n) is 5.33. The third-order valence-corrected chi connectivity index (χ3v) is 5.33. The van der Waals surface area contributed by atoms with Gasteiger partial charge in [-0.25, -0.2) is 14.4 Å². The number of pyridine rings is 1. The maximum Gasteiger partial charge on any atom is 0.490 e. The van der Waals surface area contributed by atoms with Crippen LogP contribution in [0.15, 0.2) is 24.5 Å². The highest BCUT2D eigenvalue weighted by Gasteiger charge is 2.39. The SMILES string of the molecule is O=C(O)C(F)(F)F.O=C(O)C(F)(F)F.O=C(O)C(F)(F)F.c1cncc(CN2CCn3c(CN4CCCC4)nnc3C2)c1. The summed E-state index contributed by atoms with van der Waals surface area (Å²) in [6, 6.07) is 4.13. The van der Waals surface area contributed by atoms with Crippen LogP contribution < -0.4 is 0 Å². The lowest BCUT2D eigenvalue weighted by Crippen LogP contribution is -2.34. The zero-order chi connectivity index (χ0) is 33.0. The van der Waals surface area contributed by atoms with E-state index in [0.717, 1.165) is 44.4 Å². The van der Waals surface area contributed by atoms with Crippen molar-refractivity contribution in [2.45, 2.75) is 57.5 Å². The number of carbonyl (C=O) groups is 3. The molecule has 3 N–H and O–H groups in total. The Labute approximate surface area is 236 Å². The molecule has 1 saturated heterocycles. The summed E-state index contributed by atoms with van der Waals surface area (Å²) in [5.41, 5.74) is 1.26. The van der Waals surface area contributed by atoms with Crippen molar-refractivity contribution in [2.24, 2.45) is 0 Å². The van der Waals surface area contributed by atoms with Crippen molar-refractivity contribution < 1.29 is 69.2 Å². The Morgan fingerprint density at radius 1 is 0.721 bits per heavy atom. The number of carboxylic acid groups (broad SMARTS) is 3. The molecule has 2 aliphatic heterocycles. The average molecular weight is 640 g/mol. The summed E-state index contributed by atoms with van der Waals surface area (Å²) in [4.78, 5) is 35.8. The van der Waals surface area contributed by atoms with Crippen LogP contribution in [-0.2, 0) is 40.6 Å². The summed E-state index contributed by atoms with van der Waals surface area (Å²) in [6.07, 6.45) is -8.85. The fourth-order valence-corrected chi connectivity index (χ4v) is 3.41. The van der Waals surface area contributed by atoms with E-state index in [-0.39, 0.29) is 0 Å². The predicted molar refractivity (Wildman–Crippen MR) is 124 cm³/mol. The summed E-state index contributed by atoms with van der Waals surface area (Å²) in [6.45, 7) is 7.21. The average Bonchev–Trinajstić information content (AvgIpc) is 3.54. The summed E-state index contributed by atoms with van der Waals surface area (Å²) in [5.74, 6) is -6.03. The minimum absolute atomic E-state index is 0.877. The quantitative estimate of drug-likeness (QED) is 0.421. The molecule has 2 aliphatic rings. The fourth-order valence-electron chi connectivity index (χ4n) is 3.41. The first kappa shape index (κ1) is 37.0. The standard InChI is InChI=1S/C16H22N6.3C2HF3O2/c1-2-7-20(6-1)12-15-18-19-16-13-21(8-9-22(15)16)11-14-4-3-5-17-10-14;3*3-2(4,5)1(6)7/h3-5,10H,1-2,6-9,11-13H2;3*(H,6,7). The molecule has 12 nitrogen and oxygen atoms in total. The third kappa shape index (κ3) is 14.1. The second-order valence-corrected chi connectivity index (χ2v) is 8.65. The van der Waals surface area contributed by atoms with Crippen molar-refractivity contribution in [3.05, 3.63) is 41.7 Å². The molecule has 0 unspecified atom stereocenters. The van der Waals surface area contributed by atoms with E-state index in [1.54, 1.807) is 0 Å². The van der Waals surface area contributed by atoms with Crippen LogP contribution in [0, 0.1) is 0 Å². The number of rotatable bonds is 4. The van der Waals surface area contributed by atoms with Crippen LogP contribution in [0.2, 0.25) is 0 Å². The summed E-state index contributed by atoms with van der Waals surface area (Å²) in [7, 11) is 0. The van der Waals surface area contributed by atoms with Crippen LogP contribution >= 0.6 is 0 Å². The van der Waals surface area contributed by atoms with Crippen molar-refractivity contribution in [3.8, 4) is 0 Å². The van der Waals surface area contributed by atoms with Crippen molar-refractivity contribution in [1.82, 2.24) is 29.5 Å². The summed E-state index contributed by atoms with van der Waals surface area (Å²) in [5, 5.41) is 30.2. The topological polar surface area (TPSA) is 162 Å². The Morgan fingerprint density at radius 3 is 1.63 bits per heavy atom. The molecule has 4 rings (SSSR count). The zero-order valence-electron chi connectivity index (χ0n) is 21.8. The van der Waals surface area contributed by atoms with E-state index in [0.29, 0.717) is 0 Å².